The molecular weight excluding hydrogens is 352 g/mol. The van der Waals surface area contributed by atoms with Crippen LogP contribution in [0.4, 0.5) is 0 Å². The topological polar surface area (TPSA) is 49.4 Å². The first-order chi connectivity index (χ1) is 9.82. The fourth-order valence-electron chi connectivity index (χ4n) is 2.64. The smallest absolute Gasteiger partial charge is 0.246 e. The van der Waals surface area contributed by atoms with Crippen molar-refractivity contribution in [3.8, 4) is 0 Å². The molecule has 0 saturated carbocycles. The third-order valence-corrected chi connectivity index (χ3v) is 5.67. The van der Waals surface area contributed by atoms with E-state index in [0.29, 0.717) is 6.54 Å². The van der Waals surface area contributed by atoms with Crippen molar-refractivity contribution in [2.75, 3.05) is 0 Å². The van der Waals surface area contributed by atoms with Gasteiger partial charge in [-0.25, -0.2) is 0 Å². The first kappa shape index (κ1) is 16.5. The summed E-state index contributed by atoms with van der Waals surface area (Å²) in [4.78, 5) is 28.0. The van der Waals surface area contributed by atoms with Crippen LogP contribution in [0.3, 0.4) is 0 Å². The number of carbonyl (C=O) groups is 2. The summed E-state index contributed by atoms with van der Waals surface area (Å²) in [5.74, 6) is 0.143. The van der Waals surface area contributed by atoms with Crippen LogP contribution in [0, 0.1) is 11.8 Å². The second-order valence-electron chi connectivity index (χ2n) is 6.08. The van der Waals surface area contributed by atoms with E-state index in [1.54, 1.807) is 16.2 Å². The summed E-state index contributed by atoms with van der Waals surface area (Å²) in [6.45, 7) is 8.35. The van der Waals surface area contributed by atoms with E-state index >= 15 is 0 Å². The predicted octanol–water partition coefficient (Wildman–Crippen LogP) is 3.02. The molecule has 1 N–H and O–H groups in total. The molecule has 2 heterocycles. The summed E-state index contributed by atoms with van der Waals surface area (Å²) < 4.78 is 0.995. The normalized spacial score (nSPS) is 23.1. The minimum Gasteiger partial charge on any atom is -0.342 e. The van der Waals surface area contributed by atoms with Gasteiger partial charge < -0.3 is 10.2 Å². The Labute approximate surface area is 138 Å². The van der Waals surface area contributed by atoms with Crippen LogP contribution >= 0.6 is 27.3 Å². The van der Waals surface area contributed by atoms with E-state index in [-0.39, 0.29) is 23.7 Å². The maximum absolute atomic E-state index is 12.8. The highest BCUT2D eigenvalue weighted by Gasteiger charge is 2.43. The van der Waals surface area contributed by atoms with Gasteiger partial charge >= 0.3 is 0 Å². The Balaban J connectivity index is 2.32. The van der Waals surface area contributed by atoms with Gasteiger partial charge in [0.2, 0.25) is 11.8 Å². The number of carbonyl (C=O) groups excluding carboxylic acids is 2. The van der Waals surface area contributed by atoms with Crippen molar-refractivity contribution < 1.29 is 9.59 Å². The third kappa shape index (κ3) is 3.31. The van der Waals surface area contributed by atoms with Crippen molar-refractivity contribution in [2.45, 2.75) is 46.3 Å². The first-order valence-electron chi connectivity index (χ1n) is 7.15. The maximum Gasteiger partial charge on any atom is 0.246 e. The van der Waals surface area contributed by atoms with Crippen LogP contribution < -0.4 is 5.32 Å². The number of rotatable bonds is 4. The molecule has 1 aliphatic rings. The van der Waals surface area contributed by atoms with Crippen molar-refractivity contribution in [1.29, 1.82) is 0 Å². The van der Waals surface area contributed by atoms with Gasteiger partial charge in [0.15, 0.2) is 0 Å². The zero-order chi connectivity index (χ0) is 15.7. The minimum absolute atomic E-state index is 0.0172. The molecule has 0 aromatic carbocycles. The lowest BCUT2D eigenvalue weighted by Crippen LogP contribution is -2.65. The zero-order valence-electron chi connectivity index (χ0n) is 12.7. The minimum atomic E-state index is -0.425. The Hall–Kier alpha value is -0.880. The van der Waals surface area contributed by atoms with Crippen LogP contribution in [-0.2, 0) is 16.1 Å². The van der Waals surface area contributed by atoms with E-state index in [9.17, 15) is 9.59 Å². The molecule has 2 unspecified atom stereocenters. The molecule has 1 fully saturated rings. The van der Waals surface area contributed by atoms with Crippen LogP contribution in [-0.4, -0.2) is 28.8 Å². The molecule has 4 nitrogen and oxygen atoms in total. The van der Waals surface area contributed by atoms with Gasteiger partial charge in [0.25, 0.3) is 0 Å². The summed E-state index contributed by atoms with van der Waals surface area (Å²) in [7, 11) is 0. The summed E-state index contributed by atoms with van der Waals surface area (Å²) in [6.07, 6.45) is 0. The van der Waals surface area contributed by atoms with Crippen LogP contribution in [0.25, 0.3) is 0 Å². The van der Waals surface area contributed by atoms with Gasteiger partial charge in [-0.2, -0.15) is 0 Å². The molecule has 0 spiro atoms. The molecular formula is C15H21BrN2O2S. The predicted molar refractivity (Wildman–Crippen MR) is 88.0 cm³/mol. The van der Waals surface area contributed by atoms with Crippen LogP contribution in [0.2, 0.25) is 0 Å². The number of piperazine rings is 1. The van der Waals surface area contributed by atoms with E-state index < -0.39 is 12.1 Å². The van der Waals surface area contributed by atoms with E-state index in [0.717, 1.165) is 9.35 Å². The van der Waals surface area contributed by atoms with Crippen molar-refractivity contribution >= 4 is 39.1 Å². The first-order valence-corrected chi connectivity index (χ1v) is 8.83. The Kier molecular flexibility index (Phi) is 5.09. The molecule has 2 rings (SSSR count). The SMILES string of the molecule is CC(C)C1NC(=O)C(C(C)C)N(Cc2sccc2Br)C1=O. The number of amides is 2. The quantitative estimate of drug-likeness (QED) is 0.882. The van der Waals surface area contributed by atoms with Gasteiger partial charge in [-0.15, -0.1) is 11.3 Å². The monoisotopic (exact) mass is 372 g/mol. The van der Waals surface area contributed by atoms with Gasteiger partial charge in [0.1, 0.15) is 12.1 Å². The van der Waals surface area contributed by atoms with Gasteiger partial charge in [0, 0.05) is 9.35 Å². The molecule has 1 aliphatic heterocycles. The molecule has 1 aromatic heterocycles. The fourth-order valence-corrected chi connectivity index (χ4v) is 4.12. The molecule has 116 valence electrons. The van der Waals surface area contributed by atoms with E-state index in [1.807, 2.05) is 39.1 Å². The van der Waals surface area contributed by atoms with E-state index in [2.05, 4.69) is 21.2 Å². The standard InChI is InChI=1S/C15H21BrN2O2S/c1-8(2)12-15(20)18(7-11-10(16)5-6-21-11)13(9(3)4)14(19)17-12/h5-6,8-9,12-13H,7H2,1-4H3,(H,17,19). The molecule has 6 heteroatoms. The summed E-state index contributed by atoms with van der Waals surface area (Å²) >= 11 is 5.10. The molecule has 1 saturated heterocycles. The van der Waals surface area contributed by atoms with Crippen LogP contribution in [0.5, 0.6) is 0 Å². The Morgan fingerprint density at radius 3 is 2.43 bits per heavy atom. The molecule has 2 atom stereocenters. The van der Waals surface area contributed by atoms with Crippen molar-refractivity contribution in [2.24, 2.45) is 11.8 Å². The molecule has 0 radical (unpaired) electrons. The maximum atomic E-state index is 12.8. The molecule has 0 bridgehead atoms. The number of thiophene rings is 1. The Morgan fingerprint density at radius 1 is 1.29 bits per heavy atom. The number of hydrogen-bond donors (Lipinski definition) is 1. The lowest BCUT2D eigenvalue weighted by Gasteiger charge is -2.41. The number of hydrogen-bond acceptors (Lipinski definition) is 3. The molecule has 0 aliphatic carbocycles. The largest absolute Gasteiger partial charge is 0.342 e. The second-order valence-corrected chi connectivity index (χ2v) is 7.93. The third-order valence-electron chi connectivity index (χ3n) is 3.75. The fraction of sp³-hybridized carbons (Fsp3) is 0.600. The highest BCUT2D eigenvalue weighted by atomic mass is 79.9. The average Bonchev–Trinajstić information content (AvgIpc) is 2.78. The lowest BCUT2D eigenvalue weighted by molar-refractivity contribution is -0.153. The van der Waals surface area contributed by atoms with Gasteiger partial charge in [-0.05, 0) is 39.2 Å². The molecule has 2 amide bonds. The van der Waals surface area contributed by atoms with Gasteiger partial charge in [0.05, 0.1) is 6.54 Å². The van der Waals surface area contributed by atoms with E-state index in [4.69, 9.17) is 0 Å². The number of nitrogens with one attached hydrogen (secondary N) is 1. The van der Waals surface area contributed by atoms with Crippen molar-refractivity contribution in [3.63, 3.8) is 0 Å². The summed E-state index contributed by atoms with van der Waals surface area (Å²) in [5, 5.41) is 4.87. The number of halogens is 1. The van der Waals surface area contributed by atoms with Gasteiger partial charge in [-0.1, -0.05) is 27.7 Å². The van der Waals surface area contributed by atoms with Gasteiger partial charge in [-0.3, -0.25) is 9.59 Å². The summed E-state index contributed by atoms with van der Waals surface area (Å²) in [5.41, 5.74) is 0. The van der Waals surface area contributed by atoms with Crippen molar-refractivity contribution in [3.05, 3.63) is 20.8 Å². The number of nitrogens with zero attached hydrogens (tertiary/aromatic N) is 1. The second kappa shape index (κ2) is 6.48. The van der Waals surface area contributed by atoms with Crippen molar-refractivity contribution in [1.82, 2.24) is 10.2 Å². The lowest BCUT2D eigenvalue weighted by atomic mass is 9.93. The Bertz CT molecular complexity index is 542. The highest BCUT2D eigenvalue weighted by molar-refractivity contribution is 9.10. The van der Waals surface area contributed by atoms with E-state index in [1.165, 1.54) is 0 Å². The van der Waals surface area contributed by atoms with Crippen LogP contribution in [0.15, 0.2) is 15.9 Å². The average molecular weight is 373 g/mol. The molecule has 21 heavy (non-hydrogen) atoms. The zero-order valence-corrected chi connectivity index (χ0v) is 15.1. The van der Waals surface area contributed by atoms with Crippen LogP contribution in [0.1, 0.15) is 32.6 Å². The Morgan fingerprint density at radius 2 is 1.95 bits per heavy atom. The molecule has 1 aromatic rings. The highest BCUT2D eigenvalue weighted by Crippen LogP contribution is 2.28. The summed E-state index contributed by atoms with van der Waals surface area (Å²) in [6, 6.07) is 1.14.